The molecule has 0 saturated heterocycles. The van der Waals surface area contributed by atoms with E-state index in [2.05, 4.69) is 0 Å². The van der Waals surface area contributed by atoms with Crippen molar-refractivity contribution >= 4 is 0 Å². The van der Waals surface area contributed by atoms with E-state index in [9.17, 15) is 4.39 Å². The zero-order chi connectivity index (χ0) is 13.5. The smallest absolute Gasteiger partial charge is 0.165 e. The van der Waals surface area contributed by atoms with Crippen LogP contribution in [0.25, 0.3) is 0 Å². The van der Waals surface area contributed by atoms with E-state index >= 15 is 0 Å². The second kappa shape index (κ2) is 7.34. The van der Waals surface area contributed by atoms with Gasteiger partial charge in [-0.1, -0.05) is 12.1 Å². The summed E-state index contributed by atoms with van der Waals surface area (Å²) in [4.78, 5) is 0. The van der Waals surface area contributed by atoms with Gasteiger partial charge < -0.3 is 15.2 Å². The summed E-state index contributed by atoms with van der Waals surface area (Å²) in [5, 5.41) is 0. The molecule has 102 valence electrons. The number of ether oxygens (including phenoxy) is 2. The predicted molar refractivity (Wildman–Crippen MR) is 70.3 cm³/mol. The van der Waals surface area contributed by atoms with Gasteiger partial charge in [0.05, 0.1) is 12.7 Å². The molecule has 1 rings (SSSR count). The lowest BCUT2D eigenvalue weighted by atomic mass is 10.1. The molecule has 1 aromatic carbocycles. The van der Waals surface area contributed by atoms with Crippen molar-refractivity contribution in [2.45, 2.75) is 39.3 Å². The third-order valence-corrected chi connectivity index (χ3v) is 2.37. The van der Waals surface area contributed by atoms with E-state index in [0.29, 0.717) is 25.4 Å². The van der Waals surface area contributed by atoms with Crippen molar-refractivity contribution in [1.82, 2.24) is 0 Å². The van der Waals surface area contributed by atoms with Gasteiger partial charge in [-0.15, -0.1) is 0 Å². The van der Waals surface area contributed by atoms with Crippen LogP contribution in [-0.4, -0.2) is 25.4 Å². The topological polar surface area (TPSA) is 44.5 Å². The standard InChI is InChI=1S/C14H22FNO2/c1-10(2)17-7-8-18-14-12(9-11(3)16)5-4-6-13(14)15/h4-6,10-11H,7-9,16H2,1-3H3. The number of rotatable bonds is 7. The highest BCUT2D eigenvalue weighted by Crippen LogP contribution is 2.23. The molecule has 0 aliphatic rings. The molecule has 3 nitrogen and oxygen atoms in total. The summed E-state index contributed by atoms with van der Waals surface area (Å²) in [5.74, 6) is -0.0557. The molecule has 1 atom stereocenters. The molecule has 0 spiro atoms. The second-order valence-electron chi connectivity index (χ2n) is 4.68. The molecule has 18 heavy (non-hydrogen) atoms. The minimum absolute atomic E-state index is 0.0268. The van der Waals surface area contributed by atoms with Gasteiger partial charge in [-0.3, -0.25) is 0 Å². The van der Waals surface area contributed by atoms with E-state index in [4.69, 9.17) is 15.2 Å². The molecular formula is C14H22FNO2. The third-order valence-electron chi connectivity index (χ3n) is 2.37. The van der Waals surface area contributed by atoms with E-state index in [1.165, 1.54) is 6.07 Å². The van der Waals surface area contributed by atoms with Crippen molar-refractivity contribution in [3.63, 3.8) is 0 Å². The van der Waals surface area contributed by atoms with Gasteiger partial charge in [0.2, 0.25) is 0 Å². The Morgan fingerprint density at radius 3 is 2.56 bits per heavy atom. The van der Waals surface area contributed by atoms with Gasteiger partial charge in [0.25, 0.3) is 0 Å². The fraction of sp³-hybridized carbons (Fsp3) is 0.571. The maximum atomic E-state index is 13.7. The maximum absolute atomic E-state index is 13.7. The average Bonchev–Trinajstić information content (AvgIpc) is 2.26. The van der Waals surface area contributed by atoms with Crippen LogP contribution in [0.2, 0.25) is 0 Å². The first-order valence-corrected chi connectivity index (χ1v) is 6.28. The lowest BCUT2D eigenvalue weighted by Crippen LogP contribution is -2.19. The molecule has 0 bridgehead atoms. The highest BCUT2D eigenvalue weighted by molar-refractivity contribution is 5.35. The highest BCUT2D eigenvalue weighted by Gasteiger charge is 2.11. The quantitative estimate of drug-likeness (QED) is 0.761. The second-order valence-corrected chi connectivity index (χ2v) is 4.68. The molecule has 1 aromatic rings. The van der Waals surface area contributed by atoms with Crippen LogP contribution in [0.4, 0.5) is 4.39 Å². The lowest BCUT2D eigenvalue weighted by molar-refractivity contribution is 0.0542. The molecule has 0 aliphatic carbocycles. The highest BCUT2D eigenvalue weighted by atomic mass is 19.1. The molecule has 0 heterocycles. The Morgan fingerprint density at radius 1 is 1.22 bits per heavy atom. The van der Waals surface area contributed by atoms with Crippen LogP contribution in [0.5, 0.6) is 5.75 Å². The zero-order valence-corrected chi connectivity index (χ0v) is 11.3. The Labute approximate surface area is 108 Å². The lowest BCUT2D eigenvalue weighted by Gasteiger charge is -2.14. The molecule has 2 N–H and O–H groups in total. The SMILES string of the molecule is CC(N)Cc1cccc(F)c1OCCOC(C)C. The van der Waals surface area contributed by atoms with Gasteiger partial charge in [-0.25, -0.2) is 4.39 Å². The maximum Gasteiger partial charge on any atom is 0.165 e. The first-order valence-electron chi connectivity index (χ1n) is 6.28. The van der Waals surface area contributed by atoms with Crippen LogP contribution in [0, 0.1) is 5.82 Å². The molecule has 0 aliphatic heterocycles. The Bertz CT molecular complexity index is 367. The summed E-state index contributed by atoms with van der Waals surface area (Å²) < 4.78 is 24.5. The van der Waals surface area contributed by atoms with Crippen molar-refractivity contribution in [3.8, 4) is 5.75 Å². The number of hydrogen-bond donors (Lipinski definition) is 1. The molecule has 0 saturated carbocycles. The molecule has 0 fully saturated rings. The molecular weight excluding hydrogens is 233 g/mol. The van der Waals surface area contributed by atoms with Crippen LogP contribution in [0.1, 0.15) is 26.3 Å². The average molecular weight is 255 g/mol. The number of nitrogens with two attached hydrogens (primary N) is 1. The summed E-state index contributed by atoms with van der Waals surface area (Å²) in [6, 6.07) is 4.87. The van der Waals surface area contributed by atoms with Crippen LogP contribution in [0.3, 0.4) is 0 Å². The zero-order valence-electron chi connectivity index (χ0n) is 11.3. The van der Waals surface area contributed by atoms with Gasteiger partial charge in [0.15, 0.2) is 11.6 Å². The summed E-state index contributed by atoms with van der Waals surface area (Å²) in [5.41, 5.74) is 6.54. The van der Waals surface area contributed by atoms with Gasteiger partial charge in [-0.05, 0) is 38.8 Å². The summed E-state index contributed by atoms with van der Waals surface area (Å²) >= 11 is 0. The first kappa shape index (κ1) is 14.9. The Kier molecular flexibility index (Phi) is 6.09. The van der Waals surface area contributed by atoms with Crippen LogP contribution in [-0.2, 0) is 11.2 Å². The van der Waals surface area contributed by atoms with Gasteiger partial charge in [-0.2, -0.15) is 0 Å². The first-order chi connectivity index (χ1) is 8.50. The third kappa shape index (κ3) is 5.02. The minimum Gasteiger partial charge on any atom is -0.488 e. The monoisotopic (exact) mass is 255 g/mol. The Hall–Kier alpha value is -1.13. The summed E-state index contributed by atoms with van der Waals surface area (Å²) in [7, 11) is 0. The van der Waals surface area contributed by atoms with E-state index in [1.54, 1.807) is 6.07 Å². The van der Waals surface area contributed by atoms with Gasteiger partial charge >= 0.3 is 0 Å². The van der Waals surface area contributed by atoms with Crippen molar-refractivity contribution in [1.29, 1.82) is 0 Å². The number of para-hydroxylation sites is 1. The Morgan fingerprint density at radius 2 is 1.94 bits per heavy atom. The van der Waals surface area contributed by atoms with E-state index < -0.39 is 0 Å². The van der Waals surface area contributed by atoms with Crippen LogP contribution >= 0.6 is 0 Å². The van der Waals surface area contributed by atoms with Crippen molar-refractivity contribution in [3.05, 3.63) is 29.6 Å². The molecule has 1 unspecified atom stereocenters. The largest absolute Gasteiger partial charge is 0.488 e. The van der Waals surface area contributed by atoms with Crippen molar-refractivity contribution in [2.24, 2.45) is 5.73 Å². The fourth-order valence-corrected chi connectivity index (χ4v) is 1.65. The fourth-order valence-electron chi connectivity index (χ4n) is 1.65. The van der Waals surface area contributed by atoms with Crippen molar-refractivity contribution in [2.75, 3.05) is 13.2 Å². The predicted octanol–water partition coefficient (Wildman–Crippen LogP) is 2.52. The molecule has 4 heteroatoms. The van der Waals surface area contributed by atoms with Crippen LogP contribution < -0.4 is 10.5 Å². The summed E-state index contributed by atoms with van der Waals surface area (Å²) in [6.45, 7) is 6.57. The van der Waals surface area contributed by atoms with E-state index in [0.717, 1.165) is 5.56 Å². The number of benzene rings is 1. The minimum atomic E-state index is -0.349. The Balaban J connectivity index is 2.62. The normalized spacial score (nSPS) is 12.8. The molecule has 0 radical (unpaired) electrons. The summed E-state index contributed by atoms with van der Waals surface area (Å²) in [6.07, 6.45) is 0.746. The number of halogens is 1. The molecule has 0 amide bonds. The van der Waals surface area contributed by atoms with E-state index in [-0.39, 0.29) is 18.0 Å². The molecule has 0 aromatic heterocycles. The van der Waals surface area contributed by atoms with E-state index in [1.807, 2.05) is 26.8 Å². The van der Waals surface area contributed by atoms with Gasteiger partial charge in [0.1, 0.15) is 6.61 Å². The van der Waals surface area contributed by atoms with Crippen LogP contribution in [0.15, 0.2) is 18.2 Å². The van der Waals surface area contributed by atoms with Gasteiger partial charge in [0, 0.05) is 6.04 Å². The van der Waals surface area contributed by atoms with Crippen molar-refractivity contribution < 1.29 is 13.9 Å². The number of hydrogen-bond acceptors (Lipinski definition) is 3.